The van der Waals surface area contributed by atoms with Crippen molar-refractivity contribution in [3.05, 3.63) is 58.3 Å². The number of anilines is 1. The SMILES string of the molecule is C[C@@H](NC(=O)Nc1cc(C(F)(F)F)c[nH]c1=O)c1cccnc1. The van der Waals surface area contributed by atoms with Crippen LogP contribution in [0, 0.1) is 0 Å². The van der Waals surface area contributed by atoms with Gasteiger partial charge in [-0.3, -0.25) is 9.78 Å². The van der Waals surface area contributed by atoms with Gasteiger partial charge in [-0.05, 0) is 24.6 Å². The lowest BCUT2D eigenvalue weighted by atomic mass is 10.1. The monoisotopic (exact) mass is 326 g/mol. The zero-order valence-corrected chi connectivity index (χ0v) is 11.9. The Hall–Kier alpha value is -2.84. The van der Waals surface area contributed by atoms with Crippen molar-refractivity contribution in [3.8, 4) is 0 Å². The number of aromatic amines is 1. The standard InChI is InChI=1S/C14H13F3N4O2/c1-8(9-3-2-4-18-6-9)20-13(23)21-11-5-10(14(15,16)17)7-19-12(11)22/h2-8H,1H3,(H,19,22)(H2,20,21,23)/t8-/m1/s1. The van der Waals surface area contributed by atoms with Crippen LogP contribution in [-0.4, -0.2) is 16.0 Å². The van der Waals surface area contributed by atoms with Crippen LogP contribution in [0.1, 0.15) is 24.1 Å². The first-order valence-corrected chi connectivity index (χ1v) is 6.55. The molecule has 2 amide bonds. The van der Waals surface area contributed by atoms with Gasteiger partial charge in [0.1, 0.15) is 5.69 Å². The first-order valence-electron chi connectivity index (χ1n) is 6.55. The molecule has 3 N–H and O–H groups in total. The fourth-order valence-corrected chi connectivity index (χ4v) is 1.81. The highest BCUT2D eigenvalue weighted by atomic mass is 19.4. The summed E-state index contributed by atoms with van der Waals surface area (Å²) in [5, 5.41) is 4.62. The number of nitrogens with zero attached hydrogens (tertiary/aromatic N) is 1. The molecule has 0 radical (unpaired) electrons. The van der Waals surface area contributed by atoms with Gasteiger partial charge in [0.05, 0.1) is 11.6 Å². The number of alkyl halides is 3. The van der Waals surface area contributed by atoms with Gasteiger partial charge in [-0.1, -0.05) is 6.07 Å². The maximum absolute atomic E-state index is 12.6. The first-order chi connectivity index (χ1) is 10.8. The number of aromatic nitrogens is 2. The largest absolute Gasteiger partial charge is 0.417 e. The molecular weight excluding hydrogens is 313 g/mol. The summed E-state index contributed by atoms with van der Waals surface area (Å²) in [7, 11) is 0. The van der Waals surface area contributed by atoms with Gasteiger partial charge >= 0.3 is 12.2 Å². The summed E-state index contributed by atoms with van der Waals surface area (Å²) in [6, 6.07) is 2.75. The van der Waals surface area contributed by atoms with Crippen molar-refractivity contribution in [1.29, 1.82) is 0 Å². The van der Waals surface area contributed by atoms with E-state index in [2.05, 4.69) is 15.6 Å². The number of nitrogens with one attached hydrogen (secondary N) is 3. The molecule has 23 heavy (non-hydrogen) atoms. The number of urea groups is 1. The molecule has 2 rings (SSSR count). The summed E-state index contributed by atoms with van der Waals surface area (Å²) in [5.41, 5.74) is -1.67. The Balaban J connectivity index is 2.10. The van der Waals surface area contributed by atoms with E-state index in [9.17, 15) is 22.8 Å². The van der Waals surface area contributed by atoms with Crippen LogP contribution in [0.15, 0.2) is 41.6 Å². The maximum atomic E-state index is 12.6. The lowest BCUT2D eigenvalue weighted by Crippen LogP contribution is -2.33. The van der Waals surface area contributed by atoms with E-state index in [-0.39, 0.29) is 0 Å². The molecule has 6 nitrogen and oxygen atoms in total. The Labute approximate surface area is 128 Å². The van der Waals surface area contributed by atoms with Crippen LogP contribution in [0.5, 0.6) is 0 Å². The predicted octanol–water partition coefficient (Wildman–Crippen LogP) is 2.67. The van der Waals surface area contributed by atoms with Crippen LogP contribution in [0.25, 0.3) is 0 Å². The van der Waals surface area contributed by atoms with Crippen LogP contribution in [0.3, 0.4) is 0 Å². The van der Waals surface area contributed by atoms with E-state index in [4.69, 9.17) is 0 Å². The van der Waals surface area contributed by atoms with E-state index >= 15 is 0 Å². The van der Waals surface area contributed by atoms with E-state index in [1.165, 1.54) is 0 Å². The third kappa shape index (κ3) is 4.31. The lowest BCUT2D eigenvalue weighted by Gasteiger charge is -2.15. The van der Waals surface area contributed by atoms with Crippen LogP contribution >= 0.6 is 0 Å². The molecule has 0 saturated heterocycles. The number of H-pyrrole nitrogens is 1. The molecule has 2 heterocycles. The molecule has 0 aliphatic carbocycles. The highest BCUT2D eigenvalue weighted by Crippen LogP contribution is 2.29. The Morgan fingerprint density at radius 2 is 2.13 bits per heavy atom. The Bertz CT molecular complexity index is 744. The molecule has 122 valence electrons. The summed E-state index contributed by atoms with van der Waals surface area (Å²) in [4.78, 5) is 29.2. The number of carbonyl (C=O) groups is 1. The molecule has 0 aliphatic rings. The van der Waals surface area contributed by atoms with Crippen molar-refractivity contribution in [2.45, 2.75) is 19.1 Å². The number of halogens is 3. The van der Waals surface area contributed by atoms with Crippen molar-refractivity contribution in [2.24, 2.45) is 0 Å². The number of hydrogen-bond donors (Lipinski definition) is 3. The van der Waals surface area contributed by atoms with E-state index in [1.54, 1.807) is 31.5 Å². The second-order valence-corrected chi connectivity index (χ2v) is 4.74. The maximum Gasteiger partial charge on any atom is 0.417 e. The number of carbonyl (C=O) groups excluding carboxylic acids is 1. The van der Waals surface area contributed by atoms with Gasteiger partial charge in [0.2, 0.25) is 0 Å². The molecular formula is C14H13F3N4O2. The van der Waals surface area contributed by atoms with Gasteiger partial charge in [0.25, 0.3) is 5.56 Å². The molecule has 2 aromatic heterocycles. The lowest BCUT2D eigenvalue weighted by molar-refractivity contribution is -0.137. The minimum atomic E-state index is -4.62. The summed E-state index contributed by atoms with van der Waals surface area (Å²) < 4.78 is 37.8. The van der Waals surface area contributed by atoms with E-state index in [0.717, 1.165) is 0 Å². The van der Waals surface area contributed by atoms with Gasteiger partial charge in [-0.25, -0.2) is 4.79 Å². The zero-order valence-electron chi connectivity index (χ0n) is 11.9. The van der Waals surface area contributed by atoms with Gasteiger partial charge < -0.3 is 15.6 Å². The Morgan fingerprint density at radius 1 is 1.39 bits per heavy atom. The van der Waals surface area contributed by atoms with Gasteiger partial charge in [0.15, 0.2) is 0 Å². The molecule has 0 aromatic carbocycles. The smallest absolute Gasteiger partial charge is 0.331 e. The highest BCUT2D eigenvalue weighted by Gasteiger charge is 2.31. The molecule has 9 heteroatoms. The quantitative estimate of drug-likeness (QED) is 0.810. The number of amides is 2. The minimum Gasteiger partial charge on any atom is -0.331 e. The molecule has 1 atom stereocenters. The van der Waals surface area contributed by atoms with Crippen LogP contribution < -0.4 is 16.2 Å². The molecule has 0 spiro atoms. The summed E-state index contributed by atoms with van der Waals surface area (Å²) >= 11 is 0. The first kappa shape index (κ1) is 16.5. The number of rotatable bonds is 3. The number of pyridine rings is 2. The van der Waals surface area contributed by atoms with Gasteiger partial charge in [-0.15, -0.1) is 0 Å². The zero-order chi connectivity index (χ0) is 17.0. The Morgan fingerprint density at radius 3 is 2.74 bits per heavy atom. The summed E-state index contributed by atoms with van der Waals surface area (Å²) in [6.07, 6.45) is -0.968. The summed E-state index contributed by atoms with van der Waals surface area (Å²) in [5.74, 6) is 0. The fraction of sp³-hybridized carbons (Fsp3) is 0.214. The van der Waals surface area contributed by atoms with Crippen LogP contribution in [-0.2, 0) is 6.18 Å². The number of hydrogen-bond acceptors (Lipinski definition) is 3. The fourth-order valence-electron chi connectivity index (χ4n) is 1.81. The molecule has 2 aromatic rings. The molecule has 0 aliphatic heterocycles. The van der Waals surface area contributed by atoms with Gasteiger partial charge in [0, 0.05) is 18.6 Å². The third-order valence-corrected chi connectivity index (χ3v) is 3.01. The molecule has 0 saturated carbocycles. The second kappa shape index (κ2) is 6.51. The molecule has 0 fully saturated rings. The third-order valence-electron chi connectivity index (χ3n) is 3.01. The van der Waals surface area contributed by atoms with E-state index in [0.29, 0.717) is 17.8 Å². The van der Waals surface area contributed by atoms with Crippen molar-refractivity contribution < 1.29 is 18.0 Å². The topological polar surface area (TPSA) is 86.9 Å². The Kier molecular flexibility index (Phi) is 4.68. The van der Waals surface area contributed by atoms with Crippen molar-refractivity contribution in [2.75, 3.05) is 5.32 Å². The van der Waals surface area contributed by atoms with Crippen molar-refractivity contribution in [3.63, 3.8) is 0 Å². The summed E-state index contributed by atoms with van der Waals surface area (Å²) in [6.45, 7) is 1.67. The van der Waals surface area contributed by atoms with E-state index < -0.39 is 35.1 Å². The second-order valence-electron chi connectivity index (χ2n) is 4.74. The van der Waals surface area contributed by atoms with E-state index in [1.807, 2.05) is 4.98 Å². The molecule has 0 bridgehead atoms. The average molecular weight is 326 g/mol. The average Bonchev–Trinajstić information content (AvgIpc) is 2.49. The minimum absolute atomic E-state index is 0.436. The normalized spacial score (nSPS) is 12.5. The van der Waals surface area contributed by atoms with Gasteiger partial charge in [-0.2, -0.15) is 13.2 Å². The van der Waals surface area contributed by atoms with Crippen molar-refractivity contribution in [1.82, 2.24) is 15.3 Å². The van der Waals surface area contributed by atoms with Crippen LogP contribution in [0.2, 0.25) is 0 Å². The highest BCUT2D eigenvalue weighted by molar-refractivity contribution is 5.89. The van der Waals surface area contributed by atoms with Crippen LogP contribution in [0.4, 0.5) is 23.7 Å². The molecule has 0 unspecified atom stereocenters. The predicted molar refractivity (Wildman–Crippen MR) is 76.9 cm³/mol. The van der Waals surface area contributed by atoms with Crippen molar-refractivity contribution >= 4 is 11.7 Å².